The lowest BCUT2D eigenvalue weighted by atomic mass is 9.90. The molecule has 3 unspecified atom stereocenters. The Bertz CT molecular complexity index is 388. The summed E-state index contributed by atoms with van der Waals surface area (Å²) >= 11 is 0. The Balaban J connectivity index is 5.21. The van der Waals surface area contributed by atoms with Crippen molar-refractivity contribution in [2.24, 2.45) is 16.2 Å². The summed E-state index contributed by atoms with van der Waals surface area (Å²) in [6.07, 6.45) is 1.74. The van der Waals surface area contributed by atoms with Gasteiger partial charge < -0.3 is 0 Å². The summed E-state index contributed by atoms with van der Waals surface area (Å²) in [5.74, 6) is 0. The SMILES string of the molecule is CC(CC(C)(C)C)OP(=O)(OC(C)CC(C)(C)C)OC(C)CC(C)(C)C. The van der Waals surface area contributed by atoms with Crippen LogP contribution in [0.2, 0.25) is 0 Å². The first-order valence-corrected chi connectivity index (χ1v) is 11.4. The van der Waals surface area contributed by atoms with Gasteiger partial charge in [0.15, 0.2) is 0 Å². The second-order valence-electron chi connectivity index (χ2n) is 11.5. The average molecular weight is 393 g/mol. The number of hydrogen-bond donors (Lipinski definition) is 0. The zero-order chi connectivity index (χ0) is 21.0. The Morgan fingerprint density at radius 1 is 0.577 bits per heavy atom. The van der Waals surface area contributed by atoms with Gasteiger partial charge >= 0.3 is 7.82 Å². The smallest absolute Gasteiger partial charge is 0.284 e. The lowest BCUT2D eigenvalue weighted by Crippen LogP contribution is -2.24. The zero-order valence-electron chi connectivity index (χ0n) is 19.4. The van der Waals surface area contributed by atoms with Gasteiger partial charge in [-0.1, -0.05) is 62.3 Å². The fourth-order valence-corrected chi connectivity index (χ4v) is 5.13. The van der Waals surface area contributed by atoms with E-state index in [1.54, 1.807) is 0 Å². The van der Waals surface area contributed by atoms with E-state index < -0.39 is 7.82 Å². The van der Waals surface area contributed by atoms with Crippen LogP contribution in [0.1, 0.15) is 102 Å². The maximum atomic E-state index is 13.4. The van der Waals surface area contributed by atoms with Crippen molar-refractivity contribution in [1.29, 1.82) is 0 Å². The molecule has 5 heteroatoms. The minimum atomic E-state index is -3.65. The van der Waals surface area contributed by atoms with Gasteiger partial charge in [-0.2, -0.15) is 0 Å². The molecule has 0 aliphatic heterocycles. The van der Waals surface area contributed by atoms with Gasteiger partial charge in [0.05, 0.1) is 18.3 Å². The molecule has 4 nitrogen and oxygen atoms in total. The topological polar surface area (TPSA) is 44.8 Å². The third-order valence-electron chi connectivity index (χ3n) is 3.63. The van der Waals surface area contributed by atoms with E-state index in [0.717, 1.165) is 19.3 Å². The highest BCUT2D eigenvalue weighted by Crippen LogP contribution is 2.55. The van der Waals surface area contributed by atoms with Crippen molar-refractivity contribution in [2.75, 3.05) is 0 Å². The van der Waals surface area contributed by atoms with Crippen molar-refractivity contribution in [2.45, 2.75) is 121 Å². The molecule has 0 spiro atoms. The summed E-state index contributed by atoms with van der Waals surface area (Å²) in [4.78, 5) is 0. The molecular formula is C21H45O4P. The third kappa shape index (κ3) is 14.2. The molecule has 0 aromatic rings. The summed E-state index contributed by atoms with van der Waals surface area (Å²) in [6.45, 7) is 25.1. The van der Waals surface area contributed by atoms with E-state index in [1.807, 2.05) is 20.8 Å². The maximum Gasteiger partial charge on any atom is 0.475 e. The van der Waals surface area contributed by atoms with Crippen molar-refractivity contribution in [1.82, 2.24) is 0 Å². The van der Waals surface area contributed by atoms with Gasteiger partial charge in [0.2, 0.25) is 0 Å². The molecule has 0 saturated carbocycles. The van der Waals surface area contributed by atoms with Gasteiger partial charge in [-0.3, -0.25) is 13.6 Å². The zero-order valence-corrected chi connectivity index (χ0v) is 20.3. The van der Waals surface area contributed by atoms with Gasteiger partial charge in [-0.25, -0.2) is 4.57 Å². The number of rotatable bonds is 9. The highest BCUT2D eigenvalue weighted by molar-refractivity contribution is 7.48. The Morgan fingerprint density at radius 3 is 0.923 bits per heavy atom. The van der Waals surface area contributed by atoms with E-state index in [4.69, 9.17) is 13.6 Å². The summed E-state index contributed by atoms with van der Waals surface area (Å²) in [7, 11) is -3.65. The molecule has 3 atom stereocenters. The molecule has 0 fully saturated rings. The van der Waals surface area contributed by atoms with Crippen LogP contribution in [0.4, 0.5) is 0 Å². The molecule has 0 N–H and O–H groups in total. The second kappa shape index (κ2) is 9.54. The number of hydrogen-bond acceptors (Lipinski definition) is 4. The molecule has 158 valence electrons. The summed E-state index contributed by atoms with van der Waals surface area (Å²) in [5.41, 5.74) is 0.245. The molecule has 0 rings (SSSR count). The van der Waals surface area contributed by atoms with Gasteiger partial charge in [0, 0.05) is 0 Å². The van der Waals surface area contributed by atoms with Crippen LogP contribution in [0, 0.1) is 16.2 Å². The first-order chi connectivity index (χ1) is 11.3. The quantitative estimate of drug-likeness (QED) is 0.379. The first kappa shape index (κ1) is 26.1. The Morgan fingerprint density at radius 2 is 0.769 bits per heavy atom. The molecule has 0 aromatic heterocycles. The lowest BCUT2D eigenvalue weighted by molar-refractivity contribution is 0.0173. The van der Waals surface area contributed by atoms with E-state index in [0.29, 0.717) is 0 Å². The van der Waals surface area contributed by atoms with Crippen molar-refractivity contribution < 1.29 is 18.1 Å². The summed E-state index contributed by atoms with van der Waals surface area (Å²) < 4.78 is 31.1. The summed E-state index contributed by atoms with van der Waals surface area (Å²) in [5, 5.41) is 0. The van der Waals surface area contributed by atoms with Crippen LogP contribution in [0.25, 0.3) is 0 Å². The molecule has 0 saturated heterocycles. The van der Waals surface area contributed by atoms with Crippen LogP contribution in [0.5, 0.6) is 0 Å². The maximum absolute atomic E-state index is 13.4. The van der Waals surface area contributed by atoms with Crippen LogP contribution in [0.3, 0.4) is 0 Å². The molecule has 0 radical (unpaired) electrons. The highest BCUT2D eigenvalue weighted by atomic mass is 31.2. The monoisotopic (exact) mass is 392 g/mol. The molecule has 0 bridgehead atoms. The van der Waals surface area contributed by atoms with Crippen molar-refractivity contribution >= 4 is 7.82 Å². The lowest BCUT2D eigenvalue weighted by Gasteiger charge is -2.32. The van der Waals surface area contributed by atoms with Crippen LogP contribution >= 0.6 is 7.82 Å². The van der Waals surface area contributed by atoms with Crippen LogP contribution in [-0.4, -0.2) is 18.3 Å². The molecule has 0 amide bonds. The minimum Gasteiger partial charge on any atom is -0.284 e. The summed E-state index contributed by atoms with van der Waals surface area (Å²) in [6, 6.07) is 0. The van der Waals surface area contributed by atoms with E-state index in [-0.39, 0.29) is 34.6 Å². The van der Waals surface area contributed by atoms with E-state index >= 15 is 0 Å². The predicted octanol–water partition coefficient (Wildman–Crippen LogP) is 7.62. The fourth-order valence-electron chi connectivity index (χ4n) is 3.43. The van der Waals surface area contributed by atoms with Crippen molar-refractivity contribution in [3.63, 3.8) is 0 Å². The Kier molecular flexibility index (Phi) is 9.58. The van der Waals surface area contributed by atoms with Crippen LogP contribution < -0.4 is 0 Å². The molecule has 26 heavy (non-hydrogen) atoms. The van der Waals surface area contributed by atoms with E-state index in [9.17, 15) is 4.57 Å². The normalized spacial score (nSPS) is 19.7. The number of phosphoric acid groups is 1. The largest absolute Gasteiger partial charge is 0.475 e. The van der Waals surface area contributed by atoms with E-state index in [1.165, 1.54) is 0 Å². The Hall–Kier alpha value is 0.110. The number of phosphoric ester groups is 1. The van der Waals surface area contributed by atoms with E-state index in [2.05, 4.69) is 62.3 Å². The van der Waals surface area contributed by atoms with Crippen molar-refractivity contribution in [3.05, 3.63) is 0 Å². The Labute approximate surface area is 163 Å². The van der Waals surface area contributed by atoms with Crippen molar-refractivity contribution in [3.8, 4) is 0 Å². The van der Waals surface area contributed by atoms with Gasteiger partial charge in [-0.05, 0) is 56.3 Å². The van der Waals surface area contributed by atoms with Crippen LogP contribution in [-0.2, 0) is 18.1 Å². The van der Waals surface area contributed by atoms with Gasteiger partial charge in [0.25, 0.3) is 0 Å². The first-order valence-electron chi connectivity index (χ1n) is 9.95. The molecule has 0 aromatic carbocycles. The fraction of sp³-hybridized carbons (Fsp3) is 1.00. The second-order valence-corrected chi connectivity index (χ2v) is 13.0. The minimum absolute atomic E-state index is 0.0816. The third-order valence-corrected chi connectivity index (χ3v) is 5.48. The standard InChI is InChI=1S/C21H45O4P/c1-16(13-19(4,5)6)23-26(22,24-17(2)14-20(7,8)9)25-18(3)15-21(10,11)12/h16-18H,13-15H2,1-12H3. The van der Waals surface area contributed by atoms with Gasteiger partial charge in [-0.15, -0.1) is 0 Å². The molecule has 0 aliphatic carbocycles. The molecular weight excluding hydrogens is 347 g/mol. The van der Waals surface area contributed by atoms with Gasteiger partial charge in [0.1, 0.15) is 0 Å². The molecule has 0 aliphatic rings. The highest BCUT2D eigenvalue weighted by Gasteiger charge is 2.36. The predicted molar refractivity (Wildman–Crippen MR) is 111 cm³/mol. The van der Waals surface area contributed by atoms with Crippen LogP contribution in [0.15, 0.2) is 0 Å². The average Bonchev–Trinajstić information content (AvgIpc) is 2.16. The molecule has 0 heterocycles.